The molecule has 0 saturated heterocycles. The van der Waals surface area contributed by atoms with Crippen molar-refractivity contribution in [2.24, 2.45) is 0 Å². The highest BCUT2D eigenvalue weighted by Crippen LogP contribution is 2.22. The van der Waals surface area contributed by atoms with Gasteiger partial charge < -0.3 is 4.98 Å². The summed E-state index contributed by atoms with van der Waals surface area (Å²) in [7, 11) is 0. The van der Waals surface area contributed by atoms with Crippen LogP contribution in [-0.2, 0) is 19.4 Å². The van der Waals surface area contributed by atoms with Crippen molar-refractivity contribution in [1.29, 1.82) is 0 Å². The number of nitrogens with one attached hydrogen (secondary N) is 1. The van der Waals surface area contributed by atoms with Crippen molar-refractivity contribution in [1.82, 2.24) is 9.55 Å². The monoisotopic (exact) mass is 320 g/mol. The van der Waals surface area contributed by atoms with E-state index in [2.05, 4.69) is 33.0 Å². The Labute approximate surface area is 118 Å². The smallest absolute Gasteiger partial charge is 0.313 e. The number of hydrogen-bond donors (Lipinski definition) is 1. The topological polar surface area (TPSA) is 54.9 Å². The Morgan fingerprint density at radius 2 is 2.00 bits per heavy atom. The fourth-order valence-corrected chi connectivity index (χ4v) is 2.86. The Hall–Kier alpha value is -1.62. The average molecular weight is 321 g/mol. The van der Waals surface area contributed by atoms with Gasteiger partial charge in [-0.05, 0) is 51.9 Å². The molecule has 0 radical (unpaired) electrons. The molecular weight excluding hydrogens is 308 g/mol. The first kappa shape index (κ1) is 12.4. The van der Waals surface area contributed by atoms with Gasteiger partial charge in [-0.3, -0.25) is 9.36 Å². The second kappa shape index (κ2) is 4.81. The first-order chi connectivity index (χ1) is 9.15. The van der Waals surface area contributed by atoms with Crippen LogP contribution in [0.25, 0.3) is 0 Å². The quantitative estimate of drug-likeness (QED) is 0.918. The number of H-pyrrole nitrogens is 1. The number of halogens is 1. The standard InChI is InChI=1S/C14H13BrN2O2/c15-12-7-16-14(19)17(13(12)18)8-9-4-5-10-2-1-3-11(10)6-9/h4-7H,1-3,8H2,(H,16,19). The molecule has 98 valence electrons. The van der Waals surface area contributed by atoms with Gasteiger partial charge in [-0.25, -0.2) is 4.79 Å². The second-order valence-corrected chi connectivity index (χ2v) is 5.64. The van der Waals surface area contributed by atoms with Crippen LogP contribution in [0.5, 0.6) is 0 Å². The molecule has 0 atom stereocenters. The maximum Gasteiger partial charge on any atom is 0.328 e. The van der Waals surface area contributed by atoms with Crippen molar-refractivity contribution in [2.75, 3.05) is 0 Å². The lowest BCUT2D eigenvalue weighted by molar-refractivity contribution is 0.693. The summed E-state index contributed by atoms with van der Waals surface area (Å²) in [5, 5.41) is 0. The van der Waals surface area contributed by atoms with Gasteiger partial charge in [0.15, 0.2) is 0 Å². The zero-order valence-corrected chi connectivity index (χ0v) is 11.9. The van der Waals surface area contributed by atoms with E-state index in [-0.39, 0.29) is 11.2 Å². The molecule has 0 spiro atoms. The number of nitrogens with zero attached hydrogens (tertiary/aromatic N) is 1. The van der Waals surface area contributed by atoms with E-state index in [9.17, 15) is 9.59 Å². The molecule has 1 N–H and O–H groups in total. The highest BCUT2D eigenvalue weighted by atomic mass is 79.9. The molecule has 5 heteroatoms. The Balaban J connectivity index is 2.00. The molecule has 0 bridgehead atoms. The molecule has 0 fully saturated rings. The second-order valence-electron chi connectivity index (χ2n) is 4.79. The highest BCUT2D eigenvalue weighted by molar-refractivity contribution is 9.10. The normalized spacial score (nSPS) is 13.5. The zero-order valence-electron chi connectivity index (χ0n) is 10.3. The molecule has 1 heterocycles. The summed E-state index contributed by atoms with van der Waals surface area (Å²) < 4.78 is 1.58. The van der Waals surface area contributed by atoms with Crippen molar-refractivity contribution in [3.63, 3.8) is 0 Å². The lowest BCUT2D eigenvalue weighted by Gasteiger charge is -2.07. The van der Waals surface area contributed by atoms with Crippen molar-refractivity contribution in [3.8, 4) is 0 Å². The number of aryl methyl sites for hydroxylation is 2. The van der Waals surface area contributed by atoms with E-state index < -0.39 is 0 Å². The summed E-state index contributed by atoms with van der Waals surface area (Å²) in [5.74, 6) is 0. The van der Waals surface area contributed by atoms with Crippen molar-refractivity contribution in [3.05, 3.63) is 66.4 Å². The van der Waals surface area contributed by atoms with Gasteiger partial charge in [0.05, 0.1) is 11.0 Å². The van der Waals surface area contributed by atoms with Crippen molar-refractivity contribution in [2.45, 2.75) is 25.8 Å². The number of aromatic nitrogens is 2. The summed E-state index contributed by atoms with van der Waals surface area (Å²) in [6.45, 7) is 0.306. The number of hydrogen-bond acceptors (Lipinski definition) is 2. The largest absolute Gasteiger partial charge is 0.328 e. The van der Waals surface area contributed by atoms with E-state index in [0.29, 0.717) is 11.0 Å². The summed E-state index contributed by atoms with van der Waals surface area (Å²) in [6.07, 6.45) is 4.79. The van der Waals surface area contributed by atoms with Gasteiger partial charge in [-0.1, -0.05) is 18.2 Å². The minimum atomic E-state index is -0.381. The first-order valence-corrected chi connectivity index (χ1v) is 7.03. The van der Waals surface area contributed by atoms with E-state index in [4.69, 9.17) is 0 Å². The molecule has 0 aliphatic heterocycles. The minimum absolute atomic E-state index is 0.302. The molecule has 2 aromatic rings. The van der Waals surface area contributed by atoms with Crippen LogP contribution in [-0.4, -0.2) is 9.55 Å². The highest BCUT2D eigenvalue weighted by Gasteiger charge is 2.12. The average Bonchev–Trinajstić information content (AvgIpc) is 2.86. The summed E-state index contributed by atoms with van der Waals surface area (Å²) in [6, 6.07) is 6.21. The van der Waals surface area contributed by atoms with Crippen molar-refractivity contribution >= 4 is 15.9 Å². The number of benzene rings is 1. The van der Waals surface area contributed by atoms with Gasteiger partial charge in [0.2, 0.25) is 0 Å². The minimum Gasteiger partial charge on any atom is -0.313 e. The van der Waals surface area contributed by atoms with Crippen LogP contribution in [0.15, 0.2) is 38.5 Å². The van der Waals surface area contributed by atoms with Gasteiger partial charge in [-0.2, -0.15) is 0 Å². The van der Waals surface area contributed by atoms with Crippen LogP contribution in [0.1, 0.15) is 23.1 Å². The van der Waals surface area contributed by atoms with Gasteiger partial charge >= 0.3 is 5.69 Å². The molecular formula is C14H13BrN2O2. The third-order valence-electron chi connectivity index (χ3n) is 3.52. The fourth-order valence-electron chi connectivity index (χ4n) is 2.54. The van der Waals surface area contributed by atoms with Gasteiger partial charge in [0, 0.05) is 6.20 Å². The Morgan fingerprint density at radius 1 is 1.21 bits per heavy atom. The summed E-state index contributed by atoms with van der Waals surface area (Å²) >= 11 is 3.14. The van der Waals surface area contributed by atoms with E-state index in [1.165, 1.54) is 28.3 Å². The summed E-state index contributed by atoms with van der Waals surface area (Å²) in [4.78, 5) is 26.2. The predicted octanol–water partition coefficient (Wildman–Crippen LogP) is 1.84. The van der Waals surface area contributed by atoms with Gasteiger partial charge in [0.25, 0.3) is 5.56 Å². The van der Waals surface area contributed by atoms with E-state index in [1.807, 2.05) is 6.07 Å². The molecule has 0 unspecified atom stereocenters. The SMILES string of the molecule is O=c1[nH]cc(Br)c(=O)n1Cc1ccc2c(c1)CCC2. The molecule has 1 aromatic carbocycles. The molecule has 0 amide bonds. The molecule has 1 aromatic heterocycles. The van der Waals surface area contributed by atoms with Gasteiger partial charge in [0.1, 0.15) is 0 Å². The third kappa shape index (κ3) is 2.30. The molecule has 4 nitrogen and oxygen atoms in total. The Bertz CT molecular complexity index is 746. The molecule has 1 aliphatic rings. The van der Waals surface area contributed by atoms with E-state index >= 15 is 0 Å². The predicted molar refractivity (Wildman–Crippen MR) is 76.6 cm³/mol. The Kier molecular flexibility index (Phi) is 3.14. The molecule has 1 aliphatic carbocycles. The molecule has 0 saturated carbocycles. The van der Waals surface area contributed by atoms with Gasteiger partial charge in [-0.15, -0.1) is 0 Å². The van der Waals surface area contributed by atoms with Crippen molar-refractivity contribution < 1.29 is 0 Å². The maximum atomic E-state index is 11.9. The van der Waals surface area contributed by atoms with Crippen LogP contribution in [0.2, 0.25) is 0 Å². The Morgan fingerprint density at radius 3 is 2.84 bits per heavy atom. The van der Waals surface area contributed by atoms with Crippen LogP contribution in [0, 0.1) is 0 Å². The first-order valence-electron chi connectivity index (χ1n) is 6.24. The molecule has 3 rings (SSSR count). The van der Waals surface area contributed by atoms with Crippen LogP contribution >= 0.6 is 15.9 Å². The van der Waals surface area contributed by atoms with E-state index in [1.54, 1.807) is 0 Å². The molecule has 19 heavy (non-hydrogen) atoms. The lowest BCUT2D eigenvalue weighted by atomic mass is 10.1. The number of aromatic amines is 1. The van der Waals surface area contributed by atoms with Crippen LogP contribution in [0.3, 0.4) is 0 Å². The van der Waals surface area contributed by atoms with E-state index in [0.717, 1.165) is 18.4 Å². The van der Waals surface area contributed by atoms with Crippen LogP contribution < -0.4 is 11.2 Å². The maximum absolute atomic E-state index is 11.9. The number of fused-ring (bicyclic) bond motifs is 1. The fraction of sp³-hybridized carbons (Fsp3) is 0.286. The summed E-state index contributed by atoms with van der Waals surface area (Å²) in [5.41, 5.74) is 3.04. The lowest BCUT2D eigenvalue weighted by Crippen LogP contribution is -2.35. The number of rotatable bonds is 2. The zero-order chi connectivity index (χ0) is 13.4. The third-order valence-corrected chi connectivity index (χ3v) is 4.09. The van der Waals surface area contributed by atoms with Crippen LogP contribution in [0.4, 0.5) is 0 Å².